The molecule has 2 aromatic rings. The van der Waals surface area contributed by atoms with Gasteiger partial charge in [-0.1, -0.05) is 25.1 Å². The van der Waals surface area contributed by atoms with Gasteiger partial charge in [0.05, 0.1) is 23.7 Å². The Morgan fingerprint density at radius 1 is 1.13 bits per heavy atom. The average molecular weight is 447 g/mol. The lowest BCUT2D eigenvalue weighted by atomic mass is 10.1. The minimum atomic E-state index is -3.74. The van der Waals surface area contributed by atoms with Crippen molar-refractivity contribution < 1.29 is 27.5 Å². The predicted octanol–water partition coefficient (Wildman–Crippen LogP) is 2.45. The number of benzene rings is 2. The lowest BCUT2D eigenvalue weighted by molar-refractivity contribution is -0.123. The molecule has 3 rings (SSSR count). The summed E-state index contributed by atoms with van der Waals surface area (Å²) >= 11 is 0. The van der Waals surface area contributed by atoms with E-state index >= 15 is 0 Å². The molecule has 31 heavy (non-hydrogen) atoms. The second-order valence-electron chi connectivity index (χ2n) is 7.13. The third kappa shape index (κ3) is 5.69. The maximum Gasteiger partial charge on any atom is 0.338 e. The largest absolute Gasteiger partial charge is 0.449 e. The van der Waals surface area contributed by atoms with Gasteiger partial charge in [0.2, 0.25) is 10.0 Å². The number of nitrogens with one attached hydrogen (secondary N) is 1. The van der Waals surface area contributed by atoms with Crippen molar-refractivity contribution >= 4 is 27.6 Å². The van der Waals surface area contributed by atoms with Crippen LogP contribution in [0.15, 0.2) is 53.4 Å². The number of rotatable bonds is 7. The van der Waals surface area contributed by atoms with Crippen LogP contribution in [0.3, 0.4) is 0 Å². The number of hydrogen-bond acceptors (Lipinski definition) is 6. The zero-order chi connectivity index (χ0) is 22.4. The Hall–Kier alpha value is -2.75. The SMILES string of the molecule is CCc1ccc(NC(=O)C(C)OC(=O)c2cccc(S(=O)(=O)N3CCOCC3)c2)cc1. The van der Waals surface area contributed by atoms with Gasteiger partial charge < -0.3 is 14.8 Å². The van der Waals surface area contributed by atoms with Crippen LogP contribution in [0.1, 0.15) is 29.8 Å². The highest BCUT2D eigenvalue weighted by molar-refractivity contribution is 7.89. The number of anilines is 1. The van der Waals surface area contributed by atoms with E-state index in [0.29, 0.717) is 18.9 Å². The first-order chi connectivity index (χ1) is 14.8. The van der Waals surface area contributed by atoms with E-state index in [1.54, 1.807) is 12.1 Å². The first-order valence-corrected chi connectivity index (χ1v) is 11.5. The Morgan fingerprint density at radius 2 is 1.81 bits per heavy atom. The summed E-state index contributed by atoms with van der Waals surface area (Å²) in [6.07, 6.45) is -0.166. The number of amides is 1. The number of ether oxygens (including phenoxy) is 2. The highest BCUT2D eigenvalue weighted by Gasteiger charge is 2.27. The van der Waals surface area contributed by atoms with E-state index < -0.39 is 28.0 Å². The van der Waals surface area contributed by atoms with Crippen LogP contribution in [0.25, 0.3) is 0 Å². The number of carbonyl (C=O) groups is 2. The van der Waals surface area contributed by atoms with Crippen molar-refractivity contribution in [3.63, 3.8) is 0 Å². The second kappa shape index (κ2) is 10.0. The number of esters is 1. The zero-order valence-electron chi connectivity index (χ0n) is 17.5. The summed E-state index contributed by atoms with van der Waals surface area (Å²) in [6, 6.07) is 13.0. The number of hydrogen-bond donors (Lipinski definition) is 1. The predicted molar refractivity (Wildman–Crippen MR) is 115 cm³/mol. The molecule has 0 bridgehead atoms. The summed E-state index contributed by atoms with van der Waals surface area (Å²) in [6.45, 7) is 4.67. The fraction of sp³-hybridized carbons (Fsp3) is 0.364. The third-order valence-electron chi connectivity index (χ3n) is 4.96. The molecule has 2 aromatic carbocycles. The Bertz CT molecular complexity index is 1030. The monoisotopic (exact) mass is 446 g/mol. The molecular formula is C22H26N2O6S. The number of morpholine rings is 1. The van der Waals surface area contributed by atoms with Gasteiger partial charge >= 0.3 is 5.97 Å². The molecule has 166 valence electrons. The first-order valence-electron chi connectivity index (χ1n) is 10.1. The Labute approximate surface area is 182 Å². The molecule has 1 saturated heterocycles. The molecule has 1 fully saturated rings. The summed E-state index contributed by atoms with van der Waals surface area (Å²) in [5, 5.41) is 2.70. The lowest BCUT2D eigenvalue weighted by Gasteiger charge is -2.26. The van der Waals surface area contributed by atoms with Gasteiger partial charge in [-0.15, -0.1) is 0 Å². The highest BCUT2D eigenvalue weighted by atomic mass is 32.2. The molecule has 1 aliphatic rings. The van der Waals surface area contributed by atoms with Crippen molar-refractivity contribution in [3.8, 4) is 0 Å². The van der Waals surface area contributed by atoms with E-state index in [2.05, 4.69) is 5.32 Å². The summed E-state index contributed by atoms with van der Waals surface area (Å²) in [7, 11) is -3.74. The zero-order valence-corrected chi connectivity index (χ0v) is 18.4. The third-order valence-corrected chi connectivity index (χ3v) is 6.85. The lowest BCUT2D eigenvalue weighted by Crippen LogP contribution is -2.40. The van der Waals surface area contributed by atoms with Gasteiger partial charge in [-0.05, 0) is 49.2 Å². The van der Waals surface area contributed by atoms with E-state index in [1.165, 1.54) is 35.5 Å². The van der Waals surface area contributed by atoms with Crippen LogP contribution in [0.4, 0.5) is 5.69 Å². The molecule has 9 heteroatoms. The minimum absolute atomic E-state index is 0.00281. The molecule has 0 aromatic heterocycles. The Kier molecular flexibility index (Phi) is 7.42. The fourth-order valence-corrected chi connectivity index (χ4v) is 4.52. The molecule has 0 saturated carbocycles. The molecule has 1 N–H and O–H groups in total. The summed E-state index contributed by atoms with van der Waals surface area (Å²) < 4.78 is 37.4. The maximum absolute atomic E-state index is 12.8. The van der Waals surface area contributed by atoms with Gasteiger partial charge in [0.15, 0.2) is 6.10 Å². The molecule has 1 atom stereocenters. The van der Waals surface area contributed by atoms with Gasteiger partial charge in [0.1, 0.15) is 0 Å². The number of nitrogens with zero attached hydrogens (tertiary/aromatic N) is 1. The van der Waals surface area contributed by atoms with Gasteiger partial charge in [-0.25, -0.2) is 13.2 Å². The highest BCUT2D eigenvalue weighted by Crippen LogP contribution is 2.19. The average Bonchev–Trinajstić information content (AvgIpc) is 2.80. The topological polar surface area (TPSA) is 102 Å². The van der Waals surface area contributed by atoms with Crippen LogP contribution in [0.2, 0.25) is 0 Å². The molecular weight excluding hydrogens is 420 g/mol. The van der Waals surface area contributed by atoms with Crippen LogP contribution in [-0.2, 0) is 30.7 Å². The second-order valence-corrected chi connectivity index (χ2v) is 9.07. The van der Waals surface area contributed by atoms with Crippen LogP contribution in [-0.4, -0.2) is 57.0 Å². The molecule has 1 unspecified atom stereocenters. The number of carbonyl (C=O) groups excluding carboxylic acids is 2. The van der Waals surface area contributed by atoms with Crippen molar-refractivity contribution in [1.29, 1.82) is 0 Å². The molecule has 1 amide bonds. The van der Waals surface area contributed by atoms with Crippen LogP contribution in [0, 0.1) is 0 Å². The molecule has 0 aliphatic carbocycles. The van der Waals surface area contributed by atoms with Crippen LogP contribution >= 0.6 is 0 Å². The standard InChI is InChI=1S/C22H26N2O6S/c1-3-17-7-9-19(10-8-17)23-21(25)16(2)30-22(26)18-5-4-6-20(15-18)31(27,28)24-11-13-29-14-12-24/h4-10,15-16H,3,11-14H2,1-2H3,(H,23,25). The van der Waals surface area contributed by atoms with Crippen molar-refractivity contribution in [2.24, 2.45) is 0 Å². The number of sulfonamides is 1. The van der Waals surface area contributed by atoms with Crippen molar-refractivity contribution in [1.82, 2.24) is 4.31 Å². The first kappa shape index (κ1) is 22.9. The van der Waals surface area contributed by atoms with Crippen molar-refractivity contribution in [2.75, 3.05) is 31.6 Å². The van der Waals surface area contributed by atoms with Gasteiger partial charge in [-0.3, -0.25) is 4.79 Å². The van der Waals surface area contributed by atoms with Crippen molar-refractivity contribution in [3.05, 3.63) is 59.7 Å². The normalized spacial score (nSPS) is 15.8. The van der Waals surface area contributed by atoms with E-state index in [1.807, 2.05) is 19.1 Å². The van der Waals surface area contributed by atoms with Crippen LogP contribution < -0.4 is 5.32 Å². The maximum atomic E-state index is 12.8. The Balaban J connectivity index is 1.65. The minimum Gasteiger partial charge on any atom is -0.449 e. The van der Waals surface area contributed by atoms with Crippen molar-refractivity contribution in [2.45, 2.75) is 31.3 Å². The fourth-order valence-electron chi connectivity index (χ4n) is 3.07. The quantitative estimate of drug-likeness (QED) is 0.656. The molecule has 1 heterocycles. The van der Waals surface area contributed by atoms with Gasteiger partial charge in [0, 0.05) is 18.8 Å². The smallest absolute Gasteiger partial charge is 0.338 e. The Morgan fingerprint density at radius 3 is 2.45 bits per heavy atom. The van der Waals surface area contributed by atoms with E-state index in [4.69, 9.17) is 9.47 Å². The summed E-state index contributed by atoms with van der Waals surface area (Å²) in [5.74, 6) is -1.25. The summed E-state index contributed by atoms with van der Waals surface area (Å²) in [4.78, 5) is 24.9. The van der Waals surface area contributed by atoms with Gasteiger partial charge in [0.25, 0.3) is 5.91 Å². The van der Waals surface area contributed by atoms with E-state index in [-0.39, 0.29) is 23.5 Å². The molecule has 1 aliphatic heterocycles. The number of aryl methyl sites for hydroxylation is 1. The molecule has 8 nitrogen and oxygen atoms in total. The molecule has 0 spiro atoms. The van der Waals surface area contributed by atoms with E-state index in [9.17, 15) is 18.0 Å². The van der Waals surface area contributed by atoms with E-state index in [0.717, 1.165) is 12.0 Å². The summed E-state index contributed by atoms with van der Waals surface area (Å²) in [5.41, 5.74) is 1.80. The van der Waals surface area contributed by atoms with Gasteiger partial charge in [-0.2, -0.15) is 4.31 Å². The van der Waals surface area contributed by atoms with Crippen LogP contribution in [0.5, 0.6) is 0 Å². The molecule has 0 radical (unpaired) electrons.